The van der Waals surface area contributed by atoms with Gasteiger partial charge >= 0.3 is 0 Å². The van der Waals surface area contributed by atoms with Crippen LogP contribution in [-0.4, -0.2) is 40.2 Å². The van der Waals surface area contributed by atoms with Crippen molar-refractivity contribution >= 4 is 17.5 Å². The predicted molar refractivity (Wildman–Crippen MR) is 103 cm³/mol. The van der Waals surface area contributed by atoms with Crippen LogP contribution in [0.3, 0.4) is 0 Å². The van der Waals surface area contributed by atoms with Crippen LogP contribution in [-0.2, 0) is 11.2 Å². The lowest BCUT2D eigenvalue weighted by Gasteiger charge is -2.12. The van der Waals surface area contributed by atoms with Crippen molar-refractivity contribution < 1.29 is 23.8 Å². The lowest BCUT2D eigenvalue weighted by molar-refractivity contribution is -0.116. The van der Waals surface area contributed by atoms with E-state index in [9.17, 15) is 9.59 Å². The summed E-state index contributed by atoms with van der Waals surface area (Å²) in [4.78, 5) is 24.0. The fourth-order valence-electron chi connectivity index (χ4n) is 2.59. The number of hydrogen-bond acceptors (Lipinski definition) is 5. The zero-order valence-electron chi connectivity index (χ0n) is 15.9. The highest BCUT2D eigenvalue weighted by atomic mass is 16.5. The van der Waals surface area contributed by atoms with Gasteiger partial charge in [0.15, 0.2) is 11.5 Å². The van der Waals surface area contributed by atoms with Gasteiger partial charge in [0.2, 0.25) is 5.91 Å². The zero-order chi connectivity index (χ0) is 19.8. The van der Waals surface area contributed by atoms with Gasteiger partial charge in [0, 0.05) is 19.0 Å². The summed E-state index contributed by atoms with van der Waals surface area (Å²) >= 11 is 0. The third-order valence-corrected chi connectivity index (χ3v) is 4.05. The maximum Gasteiger partial charge on any atom is 0.251 e. The van der Waals surface area contributed by atoms with Crippen LogP contribution < -0.4 is 24.8 Å². The van der Waals surface area contributed by atoms with Crippen LogP contribution in [0.1, 0.15) is 22.3 Å². The fourth-order valence-corrected chi connectivity index (χ4v) is 2.59. The second-order valence-corrected chi connectivity index (χ2v) is 5.73. The van der Waals surface area contributed by atoms with Crippen LogP contribution in [0.4, 0.5) is 5.69 Å². The van der Waals surface area contributed by atoms with Crippen LogP contribution in [0.25, 0.3) is 0 Å². The van der Waals surface area contributed by atoms with E-state index in [-0.39, 0.29) is 18.2 Å². The molecule has 0 fully saturated rings. The molecule has 0 aliphatic heterocycles. The molecular formula is C20H24N2O5. The van der Waals surface area contributed by atoms with Gasteiger partial charge < -0.3 is 24.8 Å². The minimum atomic E-state index is -0.223. The third kappa shape index (κ3) is 5.13. The molecule has 0 aliphatic carbocycles. The summed E-state index contributed by atoms with van der Waals surface area (Å²) in [6, 6.07) is 10.4. The molecule has 2 aromatic carbocycles. The molecule has 0 unspecified atom stereocenters. The second-order valence-electron chi connectivity index (χ2n) is 5.73. The molecule has 144 valence electrons. The molecule has 0 saturated heterocycles. The van der Waals surface area contributed by atoms with Gasteiger partial charge in [-0.2, -0.15) is 0 Å². The van der Waals surface area contributed by atoms with Crippen molar-refractivity contribution in [3.05, 3.63) is 47.5 Å². The molecular weight excluding hydrogens is 348 g/mol. The number of amides is 2. The van der Waals surface area contributed by atoms with E-state index in [0.717, 1.165) is 5.56 Å². The summed E-state index contributed by atoms with van der Waals surface area (Å²) in [5.41, 5.74) is 1.94. The number of benzene rings is 2. The molecule has 2 amide bonds. The number of ether oxygens (including phenoxy) is 3. The Hall–Kier alpha value is -3.22. The van der Waals surface area contributed by atoms with E-state index in [1.54, 1.807) is 39.5 Å². The Morgan fingerprint density at radius 2 is 1.59 bits per heavy atom. The molecule has 0 spiro atoms. The van der Waals surface area contributed by atoms with Gasteiger partial charge in [-0.25, -0.2) is 0 Å². The van der Waals surface area contributed by atoms with Crippen molar-refractivity contribution in [1.29, 1.82) is 0 Å². The van der Waals surface area contributed by atoms with Crippen LogP contribution >= 0.6 is 0 Å². The van der Waals surface area contributed by atoms with Crippen molar-refractivity contribution in [2.24, 2.45) is 0 Å². The largest absolute Gasteiger partial charge is 0.495 e. The number of carbonyl (C=O) groups is 2. The van der Waals surface area contributed by atoms with E-state index in [1.165, 1.54) is 7.11 Å². The molecule has 0 heterocycles. The summed E-state index contributed by atoms with van der Waals surface area (Å²) in [7, 11) is 6.19. The Labute approximate surface area is 158 Å². The minimum absolute atomic E-state index is 0.157. The number of nitrogens with one attached hydrogen (secondary N) is 2. The first-order valence-corrected chi connectivity index (χ1v) is 8.43. The average molecular weight is 372 g/mol. The van der Waals surface area contributed by atoms with E-state index >= 15 is 0 Å². The van der Waals surface area contributed by atoms with Gasteiger partial charge in [-0.1, -0.05) is 6.07 Å². The first-order chi connectivity index (χ1) is 13.0. The average Bonchev–Trinajstić information content (AvgIpc) is 2.71. The van der Waals surface area contributed by atoms with Crippen molar-refractivity contribution in [3.8, 4) is 17.2 Å². The maximum absolute atomic E-state index is 12.3. The Morgan fingerprint density at radius 3 is 2.22 bits per heavy atom. The van der Waals surface area contributed by atoms with Crippen LogP contribution in [0.2, 0.25) is 0 Å². The smallest absolute Gasteiger partial charge is 0.251 e. The molecule has 2 aromatic rings. The topological polar surface area (TPSA) is 85.9 Å². The van der Waals surface area contributed by atoms with Gasteiger partial charge in [0.25, 0.3) is 5.91 Å². The lowest BCUT2D eigenvalue weighted by atomic mass is 10.1. The molecule has 0 saturated carbocycles. The minimum Gasteiger partial charge on any atom is -0.495 e. The summed E-state index contributed by atoms with van der Waals surface area (Å²) < 4.78 is 15.8. The Kier molecular flexibility index (Phi) is 7.05. The number of methoxy groups -OCH3 is 3. The fraction of sp³-hybridized carbons (Fsp3) is 0.300. The van der Waals surface area contributed by atoms with Crippen LogP contribution in [0.5, 0.6) is 17.2 Å². The van der Waals surface area contributed by atoms with E-state index in [4.69, 9.17) is 14.2 Å². The van der Waals surface area contributed by atoms with E-state index < -0.39 is 0 Å². The molecule has 7 heteroatoms. The molecule has 7 nitrogen and oxygen atoms in total. The van der Waals surface area contributed by atoms with Crippen molar-refractivity contribution in [2.45, 2.75) is 12.8 Å². The van der Waals surface area contributed by atoms with Gasteiger partial charge in [-0.15, -0.1) is 0 Å². The lowest BCUT2D eigenvalue weighted by Crippen LogP contribution is -2.18. The molecule has 0 bridgehead atoms. The highest BCUT2D eigenvalue weighted by Crippen LogP contribution is 2.28. The number of anilines is 1. The number of hydrogen-bond donors (Lipinski definition) is 2. The van der Waals surface area contributed by atoms with Crippen molar-refractivity contribution in [1.82, 2.24) is 5.32 Å². The normalized spacial score (nSPS) is 10.1. The van der Waals surface area contributed by atoms with Gasteiger partial charge in [0.1, 0.15) is 5.75 Å². The Bertz CT molecular complexity index is 820. The molecule has 0 aliphatic rings. The summed E-state index contributed by atoms with van der Waals surface area (Å²) in [6.45, 7) is 0. The third-order valence-electron chi connectivity index (χ3n) is 4.05. The SMILES string of the molecule is CNC(=O)c1ccc(NC(=O)CCc2ccc(OC)c(OC)c2)c(OC)c1. The number of aryl methyl sites for hydroxylation is 1. The zero-order valence-corrected chi connectivity index (χ0v) is 15.9. The number of rotatable bonds is 8. The molecule has 2 rings (SSSR count). The van der Waals surface area contributed by atoms with Crippen LogP contribution in [0.15, 0.2) is 36.4 Å². The highest BCUT2D eigenvalue weighted by molar-refractivity contribution is 5.97. The quantitative estimate of drug-likeness (QED) is 0.744. The first kappa shape index (κ1) is 20.1. The van der Waals surface area contributed by atoms with Crippen LogP contribution in [0, 0.1) is 0 Å². The predicted octanol–water partition coefficient (Wildman–Crippen LogP) is 2.64. The summed E-state index contributed by atoms with van der Waals surface area (Å²) in [6.07, 6.45) is 0.834. The van der Waals surface area contributed by atoms with Gasteiger partial charge in [0.05, 0.1) is 27.0 Å². The van der Waals surface area contributed by atoms with E-state index in [2.05, 4.69) is 10.6 Å². The summed E-state index contributed by atoms with van der Waals surface area (Å²) in [5, 5.41) is 5.36. The molecule has 2 N–H and O–H groups in total. The van der Waals surface area contributed by atoms with E-state index in [1.807, 2.05) is 18.2 Å². The second kappa shape index (κ2) is 9.47. The molecule has 0 atom stereocenters. The molecule has 0 aromatic heterocycles. The first-order valence-electron chi connectivity index (χ1n) is 8.43. The molecule has 27 heavy (non-hydrogen) atoms. The standard InChI is InChI=1S/C20H24N2O5/c1-21-20(24)14-7-8-15(17(12-14)26-3)22-19(23)10-6-13-5-9-16(25-2)18(11-13)27-4/h5,7-9,11-12H,6,10H2,1-4H3,(H,21,24)(H,22,23). The molecule has 0 radical (unpaired) electrons. The monoisotopic (exact) mass is 372 g/mol. The highest BCUT2D eigenvalue weighted by Gasteiger charge is 2.12. The van der Waals surface area contributed by atoms with Crippen molar-refractivity contribution in [2.75, 3.05) is 33.7 Å². The Balaban J connectivity index is 2.02. The Morgan fingerprint density at radius 1 is 0.889 bits per heavy atom. The summed E-state index contributed by atoms with van der Waals surface area (Å²) in [5.74, 6) is 1.32. The van der Waals surface area contributed by atoms with Crippen molar-refractivity contribution in [3.63, 3.8) is 0 Å². The maximum atomic E-state index is 12.3. The van der Waals surface area contributed by atoms with Gasteiger partial charge in [-0.3, -0.25) is 9.59 Å². The van der Waals surface area contributed by atoms with Gasteiger partial charge in [-0.05, 0) is 42.3 Å². The number of carbonyl (C=O) groups excluding carboxylic acids is 2. The van der Waals surface area contributed by atoms with E-state index in [0.29, 0.717) is 34.9 Å².